The van der Waals surface area contributed by atoms with Crippen LogP contribution in [0.5, 0.6) is 11.5 Å². The van der Waals surface area contributed by atoms with Crippen molar-refractivity contribution < 1.29 is 9.53 Å². The number of anilines is 2. The van der Waals surface area contributed by atoms with E-state index in [1.54, 1.807) is 0 Å². The Morgan fingerprint density at radius 1 is 1.10 bits per heavy atom. The number of nitrogens with one attached hydrogen (secondary N) is 2. The van der Waals surface area contributed by atoms with Gasteiger partial charge in [0.15, 0.2) is 4.34 Å². The first-order chi connectivity index (χ1) is 15.1. The van der Waals surface area contributed by atoms with Crippen LogP contribution in [0.15, 0.2) is 58.9 Å². The van der Waals surface area contributed by atoms with Gasteiger partial charge >= 0.3 is 0 Å². The molecule has 1 amide bonds. The number of para-hydroxylation sites is 1. The van der Waals surface area contributed by atoms with E-state index in [0.29, 0.717) is 9.47 Å². The molecule has 0 aliphatic heterocycles. The number of hydrogen-bond acceptors (Lipinski definition) is 8. The summed E-state index contributed by atoms with van der Waals surface area (Å²) < 4.78 is 6.48. The molecule has 158 valence electrons. The van der Waals surface area contributed by atoms with Crippen LogP contribution in [0.3, 0.4) is 0 Å². The number of amides is 1. The summed E-state index contributed by atoms with van der Waals surface area (Å²) in [5.41, 5.74) is 0.171. The standard InChI is InChI=1S/C22H21N5O2S2/c23-15-22(12-4-5-13-22)25-19(28)14-30-21-27-26-20(31-21)24-16-8-10-18(11-9-16)29-17-6-2-1-3-7-17/h1-3,6-11H,4-5,12-14H2,(H,24,26)(H,25,28). The van der Waals surface area contributed by atoms with Crippen LogP contribution in [-0.4, -0.2) is 27.4 Å². The first kappa shape index (κ1) is 21.2. The fraction of sp³-hybridized carbons (Fsp3) is 0.273. The highest BCUT2D eigenvalue weighted by Gasteiger charge is 2.35. The minimum atomic E-state index is -0.693. The van der Waals surface area contributed by atoms with Gasteiger partial charge in [-0.05, 0) is 62.1 Å². The monoisotopic (exact) mass is 451 g/mol. The molecule has 2 aromatic carbocycles. The van der Waals surface area contributed by atoms with E-state index in [4.69, 9.17) is 4.74 Å². The summed E-state index contributed by atoms with van der Waals surface area (Å²) in [6, 6.07) is 19.4. The normalized spacial score (nSPS) is 14.5. The van der Waals surface area contributed by atoms with Gasteiger partial charge in [0, 0.05) is 5.69 Å². The Bertz CT molecular complexity index is 1060. The van der Waals surface area contributed by atoms with E-state index in [9.17, 15) is 10.1 Å². The summed E-state index contributed by atoms with van der Waals surface area (Å²) in [7, 11) is 0. The molecule has 1 fully saturated rings. The number of rotatable bonds is 8. The van der Waals surface area contributed by atoms with Crippen LogP contribution in [0.2, 0.25) is 0 Å². The molecule has 4 rings (SSSR count). The van der Waals surface area contributed by atoms with Crippen molar-refractivity contribution in [3.05, 3.63) is 54.6 Å². The lowest BCUT2D eigenvalue weighted by molar-refractivity contribution is -0.119. The van der Waals surface area contributed by atoms with Crippen molar-refractivity contribution in [3.8, 4) is 17.6 Å². The lowest BCUT2D eigenvalue weighted by atomic mass is 10.0. The second-order valence-corrected chi connectivity index (χ2v) is 9.38. The molecule has 0 radical (unpaired) electrons. The maximum atomic E-state index is 12.2. The van der Waals surface area contributed by atoms with E-state index in [1.165, 1.54) is 23.1 Å². The summed E-state index contributed by atoms with van der Waals surface area (Å²) in [4.78, 5) is 12.2. The SMILES string of the molecule is N#CC1(NC(=O)CSc2nnc(Nc3ccc(Oc4ccccc4)cc3)s2)CCCC1. The molecule has 0 spiro atoms. The van der Waals surface area contributed by atoms with Crippen LogP contribution in [-0.2, 0) is 4.79 Å². The van der Waals surface area contributed by atoms with E-state index >= 15 is 0 Å². The highest BCUT2D eigenvalue weighted by atomic mass is 32.2. The van der Waals surface area contributed by atoms with Gasteiger partial charge in [0.25, 0.3) is 0 Å². The van der Waals surface area contributed by atoms with Gasteiger partial charge in [-0.2, -0.15) is 5.26 Å². The lowest BCUT2D eigenvalue weighted by Crippen LogP contribution is -2.45. The van der Waals surface area contributed by atoms with Crippen LogP contribution >= 0.6 is 23.1 Å². The van der Waals surface area contributed by atoms with E-state index in [1.807, 2.05) is 54.6 Å². The van der Waals surface area contributed by atoms with Crippen molar-refractivity contribution in [3.63, 3.8) is 0 Å². The number of ether oxygens (including phenoxy) is 1. The maximum absolute atomic E-state index is 12.2. The number of nitrogens with zero attached hydrogens (tertiary/aromatic N) is 3. The third-order valence-corrected chi connectivity index (χ3v) is 6.84. The molecule has 1 saturated carbocycles. The molecule has 0 bridgehead atoms. The van der Waals surface area contributed by atoms with Gasteiger partial charge in [-0.25, -0.2) is 0 Å². The fourth-order valence-corrected chi connectivity index (χ4v) is 4.92. The molecule has 7 nitrogen and oxygen atoms in total. The number of thioether (sulfide) groups is 1. The first-order valence-corrected chi connectivity index (χ1v) is 11.7. The molecule has 31 heavy (non-hydrogen) atoms. The van der Waals surface area contributed by atoms with Crippen molar-refractivity contribution in [1.29, 1.82) is 5.26 Å². The van der Waals surface area contributed by atoms with Gasteiger partial charge < -0.3 is 15.4 Å². The molecule has 0 saturated heterocycles. The van der Waals surface area contributed by atoms with Crippen LogP contribution in [0.25, 0.3) is 0 Å². The smallest absolute Gasteiger partial charge is 0.231 e. The predicted octanol–water partition coefficient (Wildman–Crippen LogP) is 5.12. The van der Waals surface area contributed by atoms with Crippen molar-refractivity contribution >= 4 is 39.8 Å². The Kier molecular flexibility index (Phi) is 6.70. The van der Waals surface area contributed by atoms with Gasteiger partial charge in [-0.3, -0.25) is 4.79 Å². The quantitative estimate of drug-likeness (QED) is 0.459. The van der Waals surface area contributed by atoms with Gasteiger partial charge in [0.2, 0.25) is 11.0 Å². The Hall–Kier alpha value is -3.09. The van der Waals surface area contributed by atoms with Crippen LogP contribution in [0.4, 0.5) is 10.8 Å². The number of nitriles is 1. The highest BCUT2D eigenvalue weighted by molar-refractivity contribution is 8.01. The molecule has 1 aliphatic carbocycles. The van der Waals surface area contributed by atoms with Gasteiger partial charge in [-0.1, -0.05) is 41.3 Å². The first-order valence-electron chi connectivity index (χ1n) is 9.93. The fourth-order valence-electron chi connectivity index (χ4n) is 3.35. The number of hydrogen-bond donors (Lipinski definition) is 2. The summed E-state index contributed by atoms with van der Waals surface area (Å²) in [5, 5.41) is 24.4. The summed E-state index contributed by atoms with van der Waals surface area (Å²) in [5.74, 6) is 1.59. The molecule has 1 heterocycles. The topological polar surface area (TPSA) is 99.9 Å². The minimum Gasteiger partial charge on any atom is -0.457 e. The number of carbonyl (C=O) groups is 1. The largest absolute Gasteiger partial charge is 0.457 e. The Morgan fingerprint density at radius 2 is 1.81 bits per heavy atom. The van der Waals surface area contributed by atoms with Crippen LogP contribution in [0.1, 0.15) is 25.7 Å². The van der Waals surface area contributed by atoms with Crippen molar-refractivity contribution in [2.24, 2.45) is 0 Å². The van der Waals surface area contributed by atoms with Gasteiger partial charge in [-0.15, -0.1) is 10.2 Å². The molecule has 0 unspecified atom stereocenters. The zero-order valence-corrected chi connectivity index (χ0v) is 18.3. The molecule has 1 aliphatic rings. The number of aromatic nitrogens is 2. The second kappa shape index (κ2) is 9.81. The Labute approximate surface area is 188 Å². The summed E-state index contributed by atoms with van der Waals surface area (Å²) in [6.07, 6.45) is 3.40. The average molecular weight is 452 g/mol. The van der Waals surface area contributed by atoms with Crippen molar-refractivity contribution in [2.45, 2.75) is 35.6 Å². The molecule has 1 aromatic heterocycles. The molecule has 9 heteroatoms. The maximum Gasteiger partial charge on any atom is 0.231 e. The number of carbonyl (C=O) groups excluding carboxylic acids is 1. The van der Waals surface area contributed by atoms with E-state index in [2.05, 4.69) is 26.9 Å². The minimum absolute atomic E-state index is 0.146. The Morgan fingerprint density at radius 3 is 2.52 bits per heavy atom. The van der Waals surface area contributed by atoms with Crippen LogP contribution < -0.4 is 15.4 Å². The lowest BCUT2D eigenvalue weighted by Gasteiger charge is -2.21. The van der Waals surface area contributed by atoms with Gasteiger partial charge in [0.1, 0.15) is 17.0 Å². The zero-order chi connectivity index (χ0) is 21.5. The van der Waals surface area contributed by atoms with Crippen LogP contribution in [0, 0.1) is 11.3 Å². The molecular formula is C22H21N5O2S2. The molecule has 2 N–H and O–H groups in total. The predicted molar refractivity (Wildman–Crippen MR) is 122 cm³/mol. The Balaban J connectivity index is 1.27. The van der Waals surface area contributed by atoms with E-state index in [0.717, 1.165) is 42.9 Å². The summed E-state index contributed by atoms with van der Waals surface area (Å²) >= 11 is 2.70. The van der Waals surface area contributed by atoms with Gasteiger partial charge in [0.05, 0.1) is 11.8 Å². The van der Waals surface area contributed by atoms with E-state index < -0.39 is 5.54 Å². The zero-order valence-electron chi connectivity index (χ0n) is 16.7. The third-order valence-electron chi connectivity index (χ3n) is 4.87. The average Bonchev–Trinajstić information content (AvgIpc) is 3.44. The third kappa shape index (κ3) is 5.75. The number of benzene rings is 2. The summed E-state index contributed by atoms with van der Waals surface area (Å²) in [6.45, 7) is 0. The van der Waals surface area contributed by atoms with Crippen molar-refractivity contribution in [2.75, 3.05) is 11.1 Å². The molecular weight excluding hydrogens is 430 g/mol. The highest BCUT2D eigenvalue weighted by Crippen LogP contribution is 2.31. The van der Waals surface area contributed by atoms with E-state index in [-0.39, 0.29) is 11.7 Å². The molecule has 0 atom stereocenters. The van der Waals surface area contributed by atoms with Crippen molar-refractivity contribution in [1.82, 2.24) is 15.5 Å². The molecule has 3 aromatic rings. The second-order valence-electron chi connectivity index (χ2n) is 7.18.